The first-order valence-electron chi connectivity index (χ1n) is 9.55. The van der Waals surface area contributed by atoms with Gasteiger partial charge in [-0.1, -0.05) is 36.4 Å². The van der Waals surface area contributed by atoms with Crippen LogP contribution in [-0.4, -0.2) is 40.9 Å². The third-order valence-electron chi connectivity index (χ3n) is 4.51. The summed E-state index contributed by atoms with van der Waals surface area (Å²) in [5.41, 5.74) is 0.265. The SMILES string of the molecule is O=C(Nc1ccn([C@H]2CO[C@@H](COC(=O)c3ccccc3)O2)c(=O)n1)c1ccccc1. The van der Waals surface area contributed by atoms with Crippen molar-refractivity contribution in [1.29, 1.82) is 0 Å². The summed E-state index contributed by atoms with van der Waals surface area (Å²) in [4.78, 5) is 40.5. The zero-order valence-electron chi connectivity index (χ0n) is 16.3. The third kappa shape index (κ3) is 5.03. The molecule has 2 heterocycles. The van der Waals surface area contributed by atoms with Gasteiger partial charge in [-0.15, -0.1) is 0 Å². The van der Waals surface area contributed by atoms with Crippen LogP contribution >= 0.6 is 0 Å². The Hall–Kier alpha value is -3.82. The van der Waals surface area contributed by atoms with Crippen LogP contribution in [0.1, 0.15) is 26.9 Å². The Kier molecular flexibility index (Phi) is 6.16. The van der Waals surface area contributed by atoms with Gasteiger partial charge in [-0.3, -0.25) is 9.36 Å². The minimum absolute atomic E-state index is 0.0882. The largest absolute Gasteiger partial charge is 0.457 e. The normalized spacial score (nSPS) is 17.8. The van der Waals surface area contributed by atoms with Gasteiger partial charge in [0, 0.05) is 11.8 Å². The van der Waals surface area contributed by atoms with Crippen molar-refractivity contribution in [1.82, 2.24) is 9.55 Å². The molecule has 2 aromatic carbocycles. The second-order valence-electron chi connectivity index (χ2n) is 6.64. The van der Waals surface area contributed by atoms with Crippen molar-refractivity contribution < 1.29 is 23.8 Å². The van der Waals surface area contributed by atoms with Gasteiger partial charge in [0.05, 0.1) is 12.2 Å². The van der Waals surface area contributed by atoms with E-state index in [1.807, 2.05) is 0 Å². The summed E-state index contributed by atoms with van der Waals surface area (Å²) in [5, 5.41) is 2.58. The number of nitrogens with one attached hydrogen (secondary N) is 1. The van der Waals surface area contributed by atoms with Crippen LogP contribution in [0.25, 0.3) is 0 Å². The molecular weight excluding hydrogens is 402 g/mol. The van der Waals surface area contributed by atoms with E-state index in [2.05, 4.69) is 10.3 Å². The van der Waals surface area contributed by atoms with Crippen LogP contribution in [0, 0.1) is 0 Å². The monoisotopic (exact) mass is 421 g/mol. The maximum atomic E-state index is 12.4. The standard InChI is InChI=1S/C22H19N3O6/c26-20(15-7-3-1-4-8-15)23-17-11-12-25(22(28)24-17)18-13-29-19(31-18)14-30-21(27)16-9-5-2-6-10-16/h1-12,18-19H,13-14H2,(H,23,24,26,28)/t18-,19-/m1/s1. The van der Waals surface area contributed by atoms with Crippen LogP contribution in [0.15, 0.2) is 77.7 Å². The minimum Gasteiger partial charge on any atom is -0.457 e. The van der Waals surface area contributed by atoms with E-state index in [9.17, 15) is 14.4 Å². The summed E-state index contributed by atoms with van der Waals surface area (Å²) < 4.78 is 17.5. The summed E-state index contributed by atoms with van der Waals surface area (Å²) in [5.74, 6) is -0.734. The van der Waals surface area contributed by atoms with Gasteiger partial charge >= 0.3 is 11.7 Å². The van der Waals surface area contributed by atoms with Crippen molar-refractivity contribution in [3.8, 4) is 0 Å². The maximum Gasteiger partial charge on any atom is 0.351 e. The van der Waals surface area contributed by atoms with E-state index in [4.69, 9.17) is 14.2 Å². The summed E-state index contributed by atoms with van der Waals surface area (Å²) in [6.45, 7) is -0.0253. The van der Waals surface area contributed by atoms with Gasteiger partial charge in [0.2, 0.25) is 0 Å². The Morgan fingerprint density at radius 3 is 2.39 bits per heavy atom. The van der Waals surface area contributed by atoms with Gasteiger partial charge < -0.3 is 19.5 Å². The van der Waals surface area contributed by atoms with Crippen molar-refractivity contribution in [2.75, 3.05) is 18.5 Å². The first kappa shape index (κ1) is 20.5. The number of nitrogens with zero attached hydrogens (tertiary/aromatic N) is 2. The van der Waals surface area contributed by atoms with Crippen LogP contribution in [0.5, 0.6) is 0 Å². The molecule has 0 bridgehead atoms. The van der Waals surface area contributed by atoms with Crippen molar-refractivity contribution >= 4 is 17.7 Å². The number of rotatable bonds is 6. The number of carbonyl (C=O) groups is 2. The molecule has 1 saturated heterocycles. The fourth-order valence-corrected chi connectivity index (χ4v) is 2.96. The van der Waals surface area contributed by atoms with Crippen LogP contribution in [0.4, 0.5) is 5.82 Å². The van der Waals surface area contributed by atoms with Crippen molar-refractivity contribution in [3.05, 3.63) is 94.5 Å². The second kappa shape index (κ2) is 9.33. The fraction of sp³-hybridized carbons (Fsp3) is 0.182. The number of amides is 1. The van der Waals surface area contributed by atoms with Crippen LogP contribution in [0.2, 0.25) is 0 Å². The topological polar surface area (TPSA) is 109 Å². The Morgan fingerprint density at radius 1 is 1.03 bits per heavy atom. The van der Waals surface area contributed by atoms with Gasteiger partial charge in [0.1, 0.15) is 12.4 Å². The highest BCUT2D eigenvalue weighted by atomic mass is 16.7. The number of benzene rings is 2. The van der Waals surface area contributed by atoms with Crippen molar-refractivity contribution in [2.24, 2.45) is 0 Å². The number of hydrogen-bond donors (Lipinski definition) is 1. The molecule has 0 radical (unpaired) electrons. The van der Waals surface area contributed by atoms with Gasteiger partial charge in [-0.05, 0) is 30.3 Å². The Labute approximate surface area is 177 Å². The van der Waals surface area contributed by atoms with Crippen molar-refractivity contribution in [2.45, 2.75) is 12.5 Å². The number of esters is 1. The summed E-state index contributed by atoms with van der Waals surface area (Å²) in [6, 6.07) is 18.7. The molecule has 1 amide bonds. The Bertz CT molecular complexity index is 1120. The molecule has 1 N–H and O–H groups in total. The number of ether oxygens (including phenoxy) is 3. The zero-order chi connectivity index (χ0) is 21.6. The van der Waals surface area contributed by atoms with E-state index in [0.29, 0.717) is 11.1 Å². The van der Waals surface area contributed by atoms with E-state index in [1.165, 1.54) is 16.8 Å². The number of aromatic nitrogens is 2. The molecule has 9 heteroatoms. The lowest BCUT2D eigenvalue weighted by atomic mass is 10.2. The lowest BCUT2D eigenvalue weighted by molar-refractivity contribution is -0.103. The molecule has 0 aliphatic carbocycles. The van der Waals surface area contributed by atoms with Gasteiger partial charge in [-0.25, -0.2) is 9.59 Å². The first-order valence-corrected chi connectivity index (χ1v) is 9.55. The molecule has 1 aromatic heterocycles. The molecule has 4 rings (SSSR count). The Balaban J connectivity index is 1.33. The first-order chi connectivity index (χ1) is 15.1. The summed E-state index contributed by atoms with van der Waals surface area (Å²) >= 11 is 0. The van der Waals surface area contributed by atoms with Crippen LogP contribution < -0.4 is 11.0 Å². The molecule has 0 saturated carbocycles. The highest BCUT2D eigenvalue weighted by Crippen LogP contribution is 2.20. The zero-order valence-corrected chi connectivity index (χ0v) is 16.3. The maximum absolute atomic E-state index is 12.4. The molecule has 9 nitrogen and oxygen atoms in total. The molecular formula is C22H19N3O6. The lowest BCUT2D eigenvalue weighted by Crippen LogP contribution is -2.29. The third-order valence-corrected chi connectivity index (χ3v) is 4.51. The van der Waals surface area contributed by atoms with Crippen LogP contribution in [-0.2, 0) is 14.2 Å². The molecule has 2 atom stereocenters. The highest BCUT2D eigenvalue weighted by Gasteiger charge is 2.29. The number of hydrogen-bond acceptors (Lipinski definition) is 7. The van der Waals surface area contributed by atoms with E-state index in [0.717, 1.165) is 0 Å². The number of anilines is 1. The molecule has 0 unspecified atom stereocenters. The van der Waals surface area contributed by atoms with Gasteiger partial charge in [-0.2, -0.15) is 4.98 Å². The van der Waals surface area contributed by atoms with E-state index < -0.39 is 24.2 Å². The quantitative estimate of drug-likeness (QED) is 0.608. The predicted molar refractivity (Wildman–Crippen MR) is 109 cm³/mol. The molecule has 158 valence electrons. The molecule has 3 aromatic rings. The molecule has 0 spiro atoms. The van der Waals surface area contributed by atoms with E-state index in [-0.39, 0.29) is 24.9 Å². The average molecular weight is 421 g/mol. The smallest absolute Gasteiger partial charge is 0.351 e. The molecule has 1 aliphatic heterocycles. The van der Waals surface area contributed by atoms with E-state index >= 15 is 0 Å². The fourth-order valence-electron chi connectivity index (χ4n) is 2.96. The predicted octanol–water partition coefficient (Wildman–Crippen LogP) is 2.22. The molecule has 31 heavy (non-hydrogen) atoms. The van der Waals surface area contributed by atoms with Gasteiger partial charge in [0.25, 0.3) is 5.91 Å². The molecule has 1 aliphatic rings. The second-order valence-corrected chi connectivity index (χ2v) is 6.64. The summed E-state index contributed by atoms with van der Waals surface area (Å²) in [7, 11) is 0. The van der Waals surface area contributed by atoms with Crippen molar-refractivity contribution in [3.63, 3.8) is 0 Å². The highest BCUT2D eigenvalue weighted by molar-refractivity contribution is 6.03. The van der Waals surface area contributed by atoms with Crippen LogP contribution in [0.3, 0.4) is 0 Å². The van der Waals surface area contributed by atoms with E-state index in [1.54, 1.807) is 60.7 Å². The molecule has 1 fully saturated rings. The lowest BCUT2D eigenvalue weighted by Gasteiger charge is -2.14. The Morgan fingerprint density at radius 2 is 1.71 bits per heavy atom. The number of carbonyl (C=O) groups excluding carboxylic acids is 2. The average Bonchev–Trinajstić information content (AvgIpc) is 3.27. The minimum atomic E-state index is -0.804. The van der Waals surface area contributed by atoms with Gasteiger partial charge in [0.15, 0.2) is 12.5 Å². The summed E-state index contributed by atoms with van der Waals surface area (Å²) in [6.07, 6.45) is -0.0659.